The van der Waals surface area contributed by atoms with Crippen LogP contribution in [0, 0.1) is 0 Å². The fraction of sp³-hybridized carbons (Fsp3) is 0.304. The van der Waals surface area contributed by atoms with Crippen LogP contribution in [0.4, 0.5) is 0 Å². The summed E-state index contributed by atoms with van der Waals surface area (Å²) >= 11 is 3.53. The molecule has 6 nitrogen and oxygen atoms in total. The molecule has 0 radical (unpaired) electrons. The highest BCUT2D eigenvalue weighted by Crippen LogP contribution is 2.42. The number of aliphatic carboxylic acids is 1. The Morgan fingerprint density at radius 2 is 2.00 bits per heavy atom. The molecule has 1 heterocycles. The zero-order valence-electron chi connectivity index (χ0n) is 16.4. The van der Waals surface area contributed by atoms with Crippen molar-refractivity contribution in [2.45, 2.75) is 38.1 Å². The number of carbonyl (C=O) groups excluding carboxylic acids is 1. The summed E-state index contributed by atoms with van der Waals surface area (Å²) in [6.07, 6.45) is 3.40. The standard InChI is InChI=1S/C23H23BrN2O4/c24-15-6-3-5-14(11-15)12-26-17-8-2-1-7-16(23(25)29)21(17)22-18(26)9-4-10-19(22)30-13-20(27)28/h3-6,9-11,16H,1-2,7-8,12-13H2,(H2,25,29)(H,27,28). The first-order chi connectivity index (χ1) is 14.5. The number of carboxylic acids is 1. The zero-order valence-corrected chi connectivity index (χ0v) is 18.0. The number of amides is 1. The fourth-order valence-corrected chi connectivity index (χ4v) is 4.87. The second kappa shape index (κ2) is 8.52. The Morgan fingerprint density at radius 1 is 1.20 bits per heavy atom. The van der Waals surface area contributed by atoms with Gasteiger partial charge in [-0.25, -0.2) is 4.79 Å². The summed E-state index contributed by atoms with van der Waals surface area (Å²) < 4.78 is 8.85. The molecule has 2 aromatic carbocycles. The van der Waals surface area contributed by atoms with Crippen LogP contribution in [0.15, 0.2) is 46.9 Å². The van der Waals surface area contributed by atoms with E-state index in [0.717, 1.165) is 51.5 Å². The fourth-order valence-electron chi connectivity index (χ4n) is 4.42. The summed E-state index contributed by atoms with van der Waals surface area (Å²) in [4.78, 5) is 23.5. The minimum Gasteiger partial charge on any atom is -0.481 e. The van der Waals surface area contributed by atoms with Gasteiger partial charge in [0.25, 0.3) is 0 Å². The van der Waals surface area contributed by atoms with Gasteiger partial charge in [0, 0.05) is 22.1 Å². The van der Waals surface area contributed by atoms with E-state index >= 15 is 0 Å². The normalized spacial score (nSPS) is 16.1. The molecule has 1 unspecified atom stereocenters. The molecule has 0 aliphatic heterocycles. The van der Waals surface area contributed by atoms with Crippen molar-refractivity contribution in [3.8, 4) is 5.75 Å². The second-order valence-corrected chi connectivity index (χ2v) is 8.53. The molecule has 30 heavy (non-hydrogen) atoms. The maximum absolute atomic E-state index is 12.4. The van der Waals surface area contributed by atoms with Crippen LogP contribution in [0.25, 0.3) is 10.9 Å². The molecule has 0 saturated heterocycles. The van der Waals surface area contributed by atoms with Gasteiger partial charge in [0.15, 0.2) is 6.61 Å². The SMILES string of the molecule is NC(=O)C1CCCCc2c1c1c(OCC(=O)O)cccc1n2Cc1cccc(Br)c1. The van der Waals surface area contributed by atoms with Crippen LogP contribution in [0.2, 0.25) is 0 Å². The van der Waals surface area contributed by atoms with Crippen LogP contribution in [-0.2, 0) is 22.6 Å². The largest absolute Gasteiger partial charge is 0.481 e. The highest BCUT2D eigenvalue weighted by atomic mass is 79.9. The molecule has 1 aliphatic carbocycles. The predicted molar refractivity (Wildman–Crippen MR) is 118 cm³/mol. The number of halogens is 1. The summed E-state index contributed by atoms with van der Waals surface area (Å²) in [6, 6.07) is 13.7. The van der Waals surface area contributed by atoms with E-state index in [1.54, 1.807) is 6.07 Å². The lowest BCUT2D eigenvalue weighted by Crippen LogP contribution is -2.21. The van der Waals surface area contributed by atoms with Gasteiger partial charge in [-0.1, -0.05) is 40.5 Å². The van der Waals surface area contributed by atoms with Gasteiger partial charge in [0.05, 0.1) is 11.4 Å². The molecule has 1 amide bonds. The number of hydrogen-bond donors (Lipinski definition) is 2. The maximum atomic E-state index is 12.4. The lowest BCUT2D eigenvalue weighted by atomic mass is 9.92. The lowest BCUT2D eigenvalue weighted by molar-refractivity contribution is -0.139. The van der Waals surface area contributed by atoms with Gasteiger partial charge in [0.2, 0.25) is 5.91 Å². The molecule has 0 spiro atoms. The summed E-state index contributed by atoms with van der Waals surface area (Å²) in [6.45, 7) is 0.199. The van der Waals surface area contributed by atoms with Crippen molar-refractivity contribution in [1.29, 1.82) is 0 Å². The van der Waals surface area contributed by atoms with Gasteiger partial charge in [-0.15, -0.1) is 0 Å². The zero-order chi connectivity index (χ0) is 21.3. The smallest absolute Gasteiger partial charge is 0.341 e. The van der Waals surface area contributed by atoms with E-state index in [1.165, 1.54) is 0 Å². The molecule has 0 saturated carbocycles. The Hall–Kier alpha value is -2.80. The van der Waals surface area contributed by atoms with Crippen LogP contribution >= 0.6 is 15.9 Å². The van der Waals surface area contributed by atoms with E-state index in [0.29, 0.717) is 18.7 Å². The minimum absolute atomic E-state index is 0.354. The first-order valence-corrected chi connectivity index (χ1v) is 10.8. The first-order valence-electron chi connectivity index (χ1n) is 9.98. The first kappa shape index (κ1) is 20.5. The van der Waals surface area contributed by atoms with Crippen LogP contribution in [0.1, 0.15) is 42.0 Å². The van der Waals surface area contributed by atoms with Crippen molar-refractivity contribution in [3.05, 3.63) is 63.8 Å². The van der Waals surface area contributed by atoms with Crippen molar-refractivity contribution in [2.24, 2.45) is 5.73 Å². The Bertz CT molecular complexity index is 1120. The number of rotatable bonds is 6. The van der Waals surface area contributed by atoms with Crippen molar-refractivity contribution in [2.75, 3.05) is 6.61 Å². The van der Waals surface area contributed by atoms with Gasteiger partial charge in [0.1, 0.15) is 5.75 Å². The van der Waals surface area contributed by atoms with Crippen molar-refractivity contribution in [1.82, 2.24) is 4.57 Å². The number of carboxylic acid groups (broad SMARTS) is 1. The van der Waals surface area contributed by atoms with Crippen LogP contribution in [0.3, 0.4) is 0 Å². The van der Waals surface area contributed by atoms with Gasteiger partial charge >= 0.3 is 5.97 Å². The van der Waals surface area contributed by atoms with Crippen molar-refractivity contribution >= 4 is 38.7 Å². The molecule has 0 bridgehead atoms. The molecule has 3 aromatic rings. The Balaban J connectivity index is 1.95. The van der Waals surface area contributed by atoms with Crippen LogP contribution in [0.5, 0.6) is 5.75 Å². The average Bonchev–Trinajstić information content (AvgIpc) is 2.86. The van der Waals surface area contributed by atoms with E-state index < -0.39 is 18.5 Å². The van der Waals surface area contributed by atoms with Crippen LogP contribution < -0.4 is 10.5 Å². The molecule has 156 valence electrons. The third-order valence-electron chi connectivity index (χ3n) is 5.63. The molecule has 1 aromatic heterocycles. The number of nitrogens with two attached hydrogens (primary N) is 1. The number of fused-ring (bicyclic) bond motifs is 3. The molecule has 4 rings (SSSR count). The van der Waals surface area contributed by atoms with Crippen LogP contribution in [-0.4, -0.2) is 28.2 Å². The lowest BCUT2D eigenvalue weighted by Gasteiger charge is -2.14. The van der Waals surface area contributed by atoms with E-state index in [9.17, 15) is 9.59 Å². The Labute approximate surface area is 182 Å². The number of ether oxygens (including phenoxy) is 1. The third kappa shape index (κ3) is 3.94. The van der Waals surface area contributed by atoms with Gasteiger partial charge in [-0.05, 0) is 54.7 Å². The summed E-state index contributed by atoms with van der Waals surface area (Å²) in [5.74, 6) is -1.33. The van der Waals surface area contributed by atoms with E-state index in [-0.39, 0.29) is 5.91 Å². The third-order valence-corrected chi connectivity index (χ3v) is 6.12. The predicted octanol–water partition coefficient (Wildman–Crippen LogP) is 4.21. The van der Waals surface area contributed by atoms with Crippen molar-refractivity contribution in [3.63, 3.8) is 0 Å². The molecule has 1 atom stereocenters. The minimum atomic E-state index is -1.04. The average molecular weight is 471 g/mol. The van der Waals surface area contributed by atoms with E-state index in [1.807, 2.05) is 24.3 Å². The monoisotopic (exact) mass is 470 g/mol. The number of primary amides is 1. The van der Waals surface area contributed by atoms with Gasteiger partial charge in [-0.3, -0.25) is 4.79 Å². The van der Waals surface area contributed by atoms with E-state index in [4.69, 9.17) is 15.6 Å². The molecule has 1 aliphatic rings. The quantitative estimate of drug-likeness (QED) is 0.527. The van der Waals surface area contributed by atoms with E-state index in [2.05, 4.69) is 32.6 Å². The summed E-state index contributed by atoms with van der Waals surface area (Å²) in [7, 11) is 0. The Morgan fingerprint density at radius 3 is 2.73 bits per heavy atom. The maximum Gasteiger partial charge on any atom is 0.341 e. The number of carbonyl (C=O) groups is 2. The van der Waals surface area contributed by atoms with Gasteiger partial charge < -0.3 is 20.1 Å². The van der Waals surface area contributed by atoms with Gasteiger partial charge in [-0.2, -0.15) is 0 Å². The highest BCUT2D eigenvalue weighted by molar-refractivity contribution is 9.10. The topological polar surface area (TPSA) is 94.6 Å². The second-order valence-electron chi connectivity index (χ2n) is 7.61. The summed E-state index contributed by atoms with van der Waals surface area (Å²) in [5, 5.41) is 9.89. The molecule has 0 fully saturated rings. The summed E-state index contributed by atoms with van der Waals surface area (Å²) in [5.41, 5.74) is 9.84. The van der Waals surface area contributed by atoms with Crippen molar-refractivity contribution < 1.29 is 19.4 Å². The molecule has 3 N–H and O–H groups in total. The number of nitrogens with zero attached hydrogens (tertiary/aromatic N) is 1. The molecule has 7 heteroatoms. The molecular formula is C23H23BrN2O4. The number of benzene rings is 2. The molecular weight excluding hydrogens is 448 g/mol. The Kier molecular flexibility index (Phi) is 5.81. The highest BCUT2D eigenvalue weighted by Gasteiger charge is 2.31. The number of aromatic nitrogens is 1. The number of hydrogen-bond acceptors (Lipinski definition) is 3.